The SMILES string of the molecule is CC(C)(C/C=C1\CCCC=C1Br)C(=O)O. The monoisotopic (exact) mass is 272 g/mol. The van der Waals surface area contributed by atoms with Gasteiger partial charge in [-0.2, -0.15) is 0 Å². The Morgan fingerprint density at radius 2 is 2.33 bits per heavy atom. The van der Waals surface area contributed by atoms with Crippen molar-refractivity contribution in [3.05, 3.63) is 22.2 Å². The molecule has 3 heteroatoms. The third kappa shape index (κ3) is 3.49. The van der Waals surface area contributed by atoms with Crippen LogP contribution in [0.15, 0.2) is 22.2 Å². The molecule has 1 N–H and O–H groups in total. The van der Waals surface area contributed by atoms with Crippen LogP contribution in [0.1, 0.15) is 39.5 Å². The molecule has 0 saturated heterocycles. The predicted octanol–water partition coefficient (Wildman–Crippen LogP) is 3.88. The third-order valence-corrected chi connectivity index (χ3v) is 3.55. The molecule has 0 heterocycles. The van der Waals surface area contributed by atoms with Crippen LogP contribution >= 0.6 is 15.9 Å². The van der Waals surface area contributed by atoms with Crippen LogP contribution in [-0.2, 0) is 4.79 Å². The van der Waals surface area contributed by atoms with Gasteiger partial charge in [0, 0.05) is 4.48 Å². The molecule has 0 amide bonds. The van der Waals surface area contributed by atoms with Gasteiger partial charge in [0.15, 0.2) is 0 Å². The summed E-state index contributed by atoms with van der Waals surface area (Å²) in [6, 6.07) is 0. The van der Waals surface area contributed by atoms with Crippen molar-refractivity contribution in [3.8, 4) is 0 Å². The Labute approximate surface area is 99.2 Å². The average molecular weight is 273 g/mol. The smallest absolute Gasteiger partial charge is 0.309 e. The van der Waals surface area contributed by atoms with E-state index in [9.17, 15) is 4.79 Å². The van der Waals surface area contributed by atoms with Gasteiger partial charge in [-0.25, -0.2) is 0 Å². The van der Waals surface area contributed by atoms with Gasteiger partial charge in [-0.1, -0.05) is 28.1 Å². The molecule has 0 aromatic carbocycles. The molecule has 0 bridgehead atoms. The number of rotatable bonds is 3. The molecule has 0 aromatic rings. The Balaban J connectivity index is 2.69. The molecule has 0 aliphatic heterocycles. The van der Waals surface area contributed by atoms with Gasteiger partial charge >= 0.3 is 5.97 Å². The summed E-state index contributed by atoms with van der Waals surface area (Å²) >= 11 is 3.50. The van der Waals surface area contributed by atoms with Crippen molar-refractivity contribution < 1.29 is 9.90 Å². The van der Waals surface area contributed by atoms with Crippen molar-refractivity contribution in [2.75, 3.05) is 0 Å². The maximum Gasteiger partial charge on any atom is 0.309 e. The molecular formula is C12H17BrO2. The highest BCUT2D eigenvalue weighted by atomic mass is 79.9. The molecule has 0 aromatic heterocycles. The summed E-state index contributed by atoms with van der Waals surface area (Å²) in [6.07, 6.45) is 8.11. The second-order valence-electron chi connectivity index (χ2n) is 4.57. The topological polar surface area (TPSA) is 37.3 Å². The van der Waals surface area contributed by atoms with Crippen molar-refractivity contribution in [2.45, 2.75) is 39.5 Å². The van der Waals surface area contributed by atoms with E-state index in [1.54, 1.807) is 13.8 Å². The summed E-state index contributed by atoms with van der Waals surface area (Å²) in [5.41, 5.74) is 0.577. The van der Waals surface area contributed by atoms with Crippen LogP contribution in [0.25, 0.3) is 0 Å². The van der Waals surface area contributed by atoms with Gasteiger partial charge in [0.05, 0.1) is 5.41 Å². The summed E-state index contributed by atoms with van der Waals surface area (Å²) in [6.45, 7) is 3.51. The highest BCUT2D eigenvalue weighted by Crippen LogP contribution is 2.31. The Bertz CT molecular complexity index is 314. The second kappa shape index (κ2) is 4.97. The lowest BCUT2D eigenvalue weighted by molar-refractivity contribution is -0.146. The van der Waals surface area contributed by atoms with Gasteiger partial charge in [0.1, 0.15) is 0 Å². The minimum Gasteiger partial charge on any atom is -0.481 e. The van der Waals surface area contributed by atoms with Gasteiger partial charge in [-0.3, -0.25) is 4.79 Å². The van der Waals surface area contributed by atoms with E-state index < -0.39 is 11.4 Å². The lowest BCUT2D eigenvalue weighted by Gasteiger charge is -2.18. The summed E-state index contributed by atoms with van der Waals surface area (Å²) in [4.78, 5) is 10.9. The molecule has 0 saturated carbocycles. The normalized spacial score (nSPS) is 20.2. The van der Waals surface area contributed by atoms with Crippen molar-refractivity contribution in [1.82, 2.24) is 0 Å². The van der Waals surface area contributed by atoms with E-state index in [2.05, 4.69) is 22.0 Å². The highest BCUT2D eigenvalue weighted by molar-refractivity contribution is 9.12. The van der Waals surface area contributed by atoms with Gasteiger partial charge in [0.2, 0.25) is 0 Å². The number of carboxylic acids is 1. The lowest BCUT2D eigenvalue weighted by Crippen LogP contribution is -2.22. The summed E-state index contributed by atoms with van der Waals surface area (Å²) in [7, 11) is 0. The number of aliphatic carboxylic acids is 1. The number of carboxylic acid groups (broad SMARTS) is 1. The molecule has 0 radical (unpaired) electrons. The van der Waals surface area contributed by atoms with Crippen molar-refractivity contribution in [3.63, 3.8) is 0 Å². The molecular weight excluding hydrogens is 256 g/mol. The maximum absolute atomic E-state index is 10.9. The van der Waals surface area contributed by atoms with Crippen LogP contribution in [0.2, 0.25) is 0 Å². The summed E-state index contributed by atoms with van der Waals surface area (Å²) in [5.74, 6) is -0.740. The number of allylic oxidation sites excluding steroid dienone is 4. The zero-order valence-corrected chi connectivity index (χ0v) is 10.8. The van der Waals surface area contributed by atoms with E-state index in [0.717, 1.165) is 23.7 Å². The molecule has 0 spiro atoms. The quantitative estimate of drug-likeness (QED) is 0.847. The maximum atomic E-state index is 10.9. The Morgan fingerprint density at radius 1 is 1.67 bits per heavy atom. The van der Waals surface area contributed by atoms with Gasteiger partial charge < -0.3 is 5.11 Å². The molecule has 84 valence electrons. The molecule has 1 aliphatic rings. The van der Waals surface area contributed by atoms with Crippen LogP contribution in [0.5, 0.6) is 0 Å². The predicted molar refractivity (Wildman–Crippen MR) is 65.0 cm³/mol. The first-order valence-corrected chi connectivity index (χ1v) is 6.01. The fourth-order valence-corrected chi connectivity index (χ4v) is 2.03. The summed E-state index contributed by atoms with van der Waals surface area (Å²) < 4.78 is 1.13. The largest absolute Gasteiger partial charge is 0.481 e. The molecule has 2 nitrogen and oxygen atoms in total. The standard InChI is InChI=1S/C12H17BrO2/c1-12(2,11(14)15)8-7-9-5-3-4-6-10(9)13/h6-7H,3-5,8H2,1-2H3,(H,14,15)/b9-7+. The molecule has 0 fully saturated rings. The van der Waals surface area contributed by atoms with Crippen molar-refractivity contribution in [2.24, 2.45) is 5.41 Å². The average Bonchev–Trinajstić information content (AvgIpc) is 2.16. The van der Waals surface area contributed by atoms with Crippen LogP contribution in [0.3, 0.4) is 0 Å². The fourth-order valence-electron chi connectivity index (χ4n) is 1.44. The van der Waals surface area contributed by atoms with E-state index in [1.807, 2.05) is 6.08 Å². The highest BCUT2D eigenvalue weighted by Gasteiger charge is 2.25. The van der Waals surface area contributed by atoms with Crippen molar-refractivity contribution in [1.29, 1.82) is 0 Å². The molecule has 1 aliphatic carbocycles. The van der Waals surface area contributed by atoms with Crippen LogP contribution in [0.4, 0.5) is 0 Å². The Morgan fingerprint density at radius 3 is 2.87 bits per heavy atom. The Kier molecular flexibility index (Phi) is 4.14. The van der Waals surface area contributed by atoms with E-state index in [0.29, 0.717) is 6.42 Å². The first-order chi connectivity index (χ1) is 6.93. The van der Waals surface area contributed by atoms with E-state index in [4.69, 9.17) is 5.11 Å². The number of hydrogen-bond acceptors (Lipinski definition) is 1. The number of halogens is 1. The number of carbonyl (C=O) groups is 1. The second-order valence-corrected chi connectivity index (χ2v) is 5.42. The fraction of sp³-hybridized carbons (Fsp3) is 0.583. The molecule has 0 unspecified atom stereocenters. The van der Waals surface area contributed by atoms with Gasteiger partial charge in [-0.15, -0.1) is 0 Å². The third-order valence-electron chi connectivity index (χ3n) is 2.72. The summed E-state index contributed by atoms with van der Waals surface area (Å²) in [5, 5.41) is 8.98. The first-order valence-electron chi connectivity index (χ1n) is 5.22. The molecule has 0 atom stereocenters. The molecule has 1 rings (SSSR count). The van der Waals surface area contributed by atoms with E-state index in [1.165, 1.54) is 5.57 Å². The van der Waals surface area contributed by atoms with Crippen LogP contribution in [0, 0.1) is 5.41 Å². The van der Waals surface area contributed by atoms with Gasteiger partial charge in [0.25, 0.3) is 0 Å². The zero-order valence-electron chi connectivity index (χ0n) is 9.22. The van der Waals surface area contributed by atoms with E-state index in [-0.39, 0.29) is 0 Å². The van der Waals surface area contributed by atoms with Crippen LogP contribution < -0.4 is 0 Å². The number of hydrogen-bond donors (Lipinski definition) is 1. The van der Waals surface area contributed by atoms with Crippen molar-refractivity contribution >= 4 is 21.9 Å². The van der Waals surface area contributed by atoms with E-state index >= 15 is 0 Å². The van der Waals surface area contributed by atoms with Crippen LogP contribution in [-0.4, -0.2) is 11.1 Å². The van der Waals surface area contributed by atoms with Gasteiger partial charge in [-0.05, 0) is 45.1 Å². The lowest BCUT2D eigenvalue weighted by atomic mass is 9.87. The zero-order chi connectivity index (χ0) is 11.5. The minimum absolute atomic E-state index is 0.584. The minimum atomic E-state index is -0.740. The first kappa shape index (κ1) is 12.5. The Hall–Kier alpha value is -0.570. The molecule has 15 heavy (non-hydrogen) atoms.